The average Bonchev–Trinajstić information content (AvgIpc) is 3.36. The van der Waals surface area contributed by atoms with Crippen LogP contribution in [-0.2, 0) is 12.7 Å². The Kier molecular flexibility index (Phi) is 6.25. The van der Waals surface area contributed by atoms with E-state index in [9.17, 15) is 18.0 Å². The van der Waals surface area contributed by atoms with E-state index in [-0.39, 0.29) is 18.1 Å². The zero-order chi connectivity index (χ0) is 23.0. The van der Waals surface area contributed by atoms with Gasteiger partial charge < -0.3 is 15.1 Å². The molecule has 0 radical (unpaired) electrons. The lowest BCUT2D eigenvalue weighted by atomic mass is 10.1. The van der Waals surface area contributed by atoms with Gasteiger partial charge in [0.25, 0.3) is 0 Å². The van der Waals surface area contributed by atoms with Crippen molar-refractivity contribution >= 4 is 11.8 Å². The summed E-state index contributed by atoms with van der Waals surface area (Å²) in [6.07, 6.45) is -2.68. The van der Waals surface area contributed by atoms with E-state index in [1.54, 1.807) is 49.3 Å². The first-order valence-corrected chi connectivity index (χ1v) is 10.4. The molecule has 0 atom stereocenters. The van der Waals surface area contributed by atoms with Crippen molar-refractivity contribution in [3.63, 3.8) is 0 Å². The third-order valence-corrected chi connectivity index (χ3v) is 4.94. The van der Waals surface area contributed by atoms with E-state index in [1.165, 1.54) is 9.58 Å². The van der Waals surface area contributed by atoms with Crippen molar-refractivity contribution in [2.75, 3.05) is 25.5 Å². The van der Waals surface area contributed by atoms with E-state index in [1.807, 2.05) is 20.8 Å². The van der Waals surface area contributed by atoms with Gasteiger partial charge in [-0.15, -0.1) is 0 Å². The highest BCUT2D eigenvalue weighted by Crippen LogP contribution is 2.38. The van der Waals surface area contributed by atoms with Gasteiger partial charge in [-0.1, -0.05) is 18.2 Å². The molecule has 0 spiro atoms. The number of nitrogens with one attached hydrogen (secondary N) is 1. The Hall–Kier alpha value is -2.71. The SMILES string of the molecule is CN(C)c1c(CN(CC2CC2)C(=O)NC(C)(C)C)c(C(F)(F)F)nn1-c1ccccc1. The summed E-state index contributed by atoms with van der Waals surface area (Å²) in [5, 5.41) is 6.83. The molecular weight excluding hydrogens is 407 g/mol. The molecule has 0 aliphatic heterocycles. The second-order valence-electron chi connectivity index (χ2n) is 9.29. The number of urea groups is 1. The highest BCUT2D eigenvalue weighted by Gasteiger charge is 2.41. The topological polar surface area (TPSA) is 53.4 Å². The van der Waals surface area contributed by atoms with Crippen molar-refractivity contribution in [2.45, 2.75) is 51.9 Å². The van der Waals surface area contributed by atoms with Crippen molar-refractivity contribution in [3.8, 4) is 5.69 Å². The number of carbonyl (C=O) groups is 1. The van der Waals surface area contributed by atoms with Gasteiger partial charge in [-0.2, -0.15) is 18.3 Å². The summed E-state index contributed by atoms with van der Waals surface area (Å²) in [4.78, 5) is 16.0. The van der Waals surface area contributed by atoms with Crippen LogP contribution in [-0.4, -0.2) is 46.9 Å². The molecule has 1 aromatic carbocycles. The van der Waals surface area contributed by atoms with Crippen LogP contribution < -0.4 is 10.2 Å². The van der Waals surface area contributed by atoms with Crippen molar-refractivity contribution < 1.29 is 18.0 Å². The van der Waals surface area contributed by atoms with Crippen LogP contribution in [0.25, 0.3) is 5.69 Å². The van der Waals surface area contributed by atoms with Gasteiger partial charge in [-0.3, -0.25) is 0 Å². The van der Waals surface area contributed by atoms with Gasteiger partial charge in [0, 0.05) is 31.7 Å². The normalized spacial score (nSPS) is 14.5. The third kappa shape index (κ3) is 5.71. The van der Waals surface area contributed by atoms with E-state index < -0.39 is 17.4 Å². The van der Waals surface area contributed by atoms with Crippen LogP contribution in [0, 0.1) is 5.92 Å². The Morgan fingerprint density at radius 2 is 1.77 bits per heavy atom. The maximum Gasteiger partial charge on any atom is 0.435 e. The molecule has 1 aliphatic carbocycles. The molecule has 9 heteroatoms. The number of rotatable bonds is 6. The lowest BCUT2D eigenvalue weighted by Crippen LogP contribution is -2.49. The maximum atomic E-state index is 14.0. The Balaban J connectivity index is 2.08. The van der Waals surface area contributed by atoms with Gasteiger partial charge in [0.05, 0.1) is 12.2 Å². The first-order chi connectivity index (χ1) is 14.4. The lowest BCUT2D eigenvalue weighted by Gasteiger charge is -2.29. The van der Waals surface area contributed by atoms with Crippen LogP contribution in [0.4, 0.5) is 23.8 Å². The summed E-state index contributed by atoms with van der Waals surface area (Å²) in [5.74, 6) is 0.634. The van der Waals surface area contributed by atoms with Gasteiger partial charge in [0.2, 0.25) is 0 Å². The summed E-state index contributed by atoms with van der Waals surface area (Å²) >= 11 is 0. The van der Waals surface area contributed by atoms with Crippen LogP contribution in [0.15, 0.2) is 30.3 Å². The van der Waals surface area contributed by atoms with Crippen molar-refractivity contribution in [3.05, 3.63) is 41.6 Å². The Morgan fingerprint density at radius 1 is 1.16 bits per heavy atom. The number of nitrogens with zero attached hydrogens (tertiary/aromatic N) is 4. The fourth-order valence-corrected chi connectivity index (χ4v) is 3.45. The molecule has 0 unspecified atom stereocenters. The number of alkyl halides is 3. The number of aromatic nitrogens is 2. The first kappa shape index (κ1) is 23.0. The van der Waals surface area contributed by atoms with E-state index in [2.05, 4.69) is 10.4 Å². The van der Waals surface area contributed by atoms with Gasteiger partial charge in [-0.25, -0.2) is 9.48 Å². The average molecular weight is 438 g/mol. The predicted octanol–water partition coefficient (Wildman–Crippen LogP) is 4.68. The molecule has 31 heavy (non-hydrogen) atoms. The predicted molar refractivity (Wildman–Crippen MR) is 114 cm³/mol. The van der Waals surface area contributed by atoms with E-state index in [4.69, 9.17) is 0 Å². The van der Waals surface area contributed by atoms with E-state index in [0.29, 0.717) is 24.0 Å². The highest BCUT2D eigenvalue weighted by atomic mass is 19.4. The molecule has 3 rings (SSSR count). The number of carbonyl (C=O) groups excluding carboxylic acids is 1. The van der Waals surface area contributed by atoms with Crippen LogP contribution in [0.3, 0.4) is 0 Å². The molecule has 0 bridgehead atoms. The number of amides is 2. The number of para-hydroxylation sites is 1. The maximum absolute atomic E-state index is 14.0. The Labute approximate surface area is 181 Å². The van der Waals surface area contributed by atoms with Gasteiger partial charge in [0.1, 0.15) is 5.82 Å². The second-order valence-corrected chi connectivity index (χ2v) is 9.29. The van der Waals surface area contributed by atoms with Crippen LogP contribution in [0.5, 0.6) is 0 Å². The second kappa shape index (κ2) is 8.43. The highest BCUT2D eigenvalue weighted by molar-refractivity contribution is 5.75. The molecule has 170 valence electrons. The third-order valence-electron chi connectivity index (χ3n) is 4.94. The lowest BCUT2D eigenvalue weighted by molar-refractivity contribution is -0.142. The standard InChI is InChI=1S/C22H30F3N5O/c1-21(2,3)26-20(31)29(13-15-11-12-15)14-17-18(22(23,24)25)27-30(19(17)28(4)5)16-9-7-6-8-10-16/h6-10,15H,11-14H2,1-5H3,(H,26,31). The van der Waals surface area contributed by atoms with Gasteiger partial charge in [-0.05, 0) is 51.7 Å². The van der Waals surface area contributed by atoms with Crippen molar-refractivity contribution in [1.29, 1.82) is 0 Å². The summed E-state index contributed by atoms with van der Waals surface area (Å²) in [7, 11) is 3.36. The molecule has 1 heterocycles. The number of halogens is 3. The smallest absolute Gasteiger partial charge is 0.362 e. The van der Waals surface area contributed by atoms with E-state index >= 15 is 0 Å². The molecule has 1 saturated carbocycles. The quantitative estimate of drug-likeness (QED) is 0.714. The molecule has 0 saturated heterocycles. The molecule has 2 aromatic rings. The summed E-state index contributed by atoms with van der Waals surface area (Å²) in [6, 6.07) is 8.34. The number of hydrogen-bond acceptors (Lipinski definition) is 3. The minimum Gasteiger partial charge on any atom is -0.362 e. The van der Waals surface area contributed by atoms with Crippen molar-refractivity contribution in [2.24, 2.45) is 5.92 Å². The van der Waals surface area contributed by atoms with Crippen LogP contribution in [0.1, 0.15) is 44.9 Å². The van der Waals surface area contributed by atoms with E-state index in [0.717, 1.165) is 12.8 Å². The summed E-state index contributed by atoms with van der Waals surface area (Å²) < 4.78 is 43.3. The number of anilines is 1. The minimum absolute atomic E-state index is 0.00828. The monoisotopic (exact) mass is 437 g/mol. The fourth-order valence-electron chi connectivity index (χ4n) is 3.45. The molecule has 6 nitrogen and oxygen atoms in total. The zero-order valence-corrected chi connectivity index (χ0v) is 18.6. The zero-order valence-electron chi connectivity index (χ0n) is 18.6. The molecule has 1 fully saturated rings. The molecule has 2 amide bonds. The van der Waals surface area contributed by atoms with Crippen LogP contribution in [0.2, 0.25) is 0 Å². The number of hydrogen-bond donors (Lipinski definition) is 1. The molecule has 1 aliphatic rings. The van der Waals surface area contributed by atoms with Crippen LogP contribution >= 0.6 is 0 Å². The largest absolute Gasteiger partial charge is 0.435 e. The fraction of sp³-hybridized carbons (Fsp3) is 0.545. The summed E-state index contributed by atoms with van der Waals surface area (Å²) in [5.41, 5.74) is -0.948. The summed E-state index contributed by atoms with van der Waals surface area (Å²) in [6.45, 7) is 5.79. The Bertz CT molecular complexity index is 912. The molecular formula is C22H30F3N5O. The first-order valence-electron chi connectivity index (χ1n) is 10.4. The van der Waals surface area contributed by atoms with Gasteiger partial charge in [0.15, 0.2) is 5.69 Å². The Morgan fingerprint density at radius 3 is 2.26 bits per heavy atom. The number of benzene rings is 1. The van der Waals surface area contributed by atoms with Gasteiger partial charge >= 0.3 is 12.2 Å². The molecule has 1 N–H and O–H groups in total. The van der Waals surface area contributed by atoms with Crippen molar-refractivity contribution in [1.82, 2.24) is 20.0 Å². The minimum atomic E-state index is -4.65. The molecule has 1 aromatic heterocycles.